The van der Waals surface area contributed by atoms with Crippen molar-refractivity contribution in [1.29, 1.82) is 0 Å². The van der Waals surface area contributed by atoms with Crippen molar-refractivity contribution in [3.63, 3.8) is 0 Å². The minimum Gasteiger partial charge on any atom is -0.325 e. The van der Waals surface area contributed by atoms with Gasteiger partial charge in [0.1, 0.15) is 11.6 Å². The molecule has 2 heterocycles. The van der Waals surface area contributed by atoms with Crippen LogP contribution in [0.2, 0.25) is 0 Å². The Bertz CT molecular complexity index is 545. The fourth-order valence-corrected chi connectivity index (χ4v) is 2.85. The number of pyridine rings is 2. The van der Waals surface area contributed by atoms with Crippen molar-refractivity contribution >= 4 is 11.6 Å². The van der Waals surface area contributed by atoms with Crippen molar-refractivity contribution in [1.82, 2.24) is 9.97 Å². The molecule has 0 fully saturated rings. The van der Waals surface area contributed by atoms with Gasteiger partial charge < -0.3 is 5.32 Å². The Morgan fingerprint density at radius 3 is 1.48 bits per heavy atom. The van der Waals surface area contributed by atoms with Gasteiger partial charge in [-0.25, -0.2) is 9.97 Å². The van der Waals surface area contributed by atoms with Crippen LogP contribution in [0.4, 0.5) is 11.6 Å². The molecular formula is C22H33N3. The Labute approximate surface area is 153 Å². The zero-order valence-corrected chi connectivity index (χ0v) is 16.3. The Morgan fingerprint density at radius 2 is 1.16 bits per heavy atom. The van der Waals surface area contributed by atoms with Gasteiger partial charge in [0.15, 0.2) is 0 Å². The third-order valence-electron chi connectivity index (χ3n) is 4.40. The van der Waals surface area contributed by atoms with Gasteiger partial charge in [-0.3, -0.25) is 0 Å². The lowest BCUT2D eigenvalue weighted by Crippen LogP contribution is -1.98. The highest BCUT2D eigenvalue weighted by molar-refractivity contribution is 5.51. The summed E-state index contributed by atoms with van der Waals surface area (Å²) in [5, 5.41) is 3.28. The predicted octanol–water partition coefficient (Wildman–Crippen LogP) is 6.18. The summed E-state index contributed by atoms with van der Waals surface area (Å²) in [5.74, 6) is 3.25. The van der Waals surface area contributed by atoms with Gasteiger partial charge in [-0.1, -0.05) is 52.7 Å². The molecule has 1 N–H and O–H groups in total. The van der Waals surface area contributed by atoms with Crippen molar-refractivity contribution in [3.05, 3.63) is 47.8 Å². The molecule has 0 atom stereocenters. The Morgan fingerprint density at radius 1 is 0.720 bits per heavy atom. The predicted molar refractivity (Wildman–Crippen MR) is 107 cm³/mol. The van der Waals surface area contributed by atoms with Gasteiger partial charge in [0.2, 0.25) is 0 Å². The summed E-state index contributed by atoms with van der Waals surface area (Å²) in [6, 6.07) is 8.41. The molecule has 0 saturated heterocycles. The lowest BCUT2D eigenvalue weighted by Gasteiger charge is -2.08. The lowest BCUT2D eigenvalue weighted by atomic mass is 10.0. The third-order valence-corrected chi connectivity index (χ3v) is 4.40. The van der Waals surface area contributed by atoms with Crippen molar-refractivity contribution < 1.29 is 0 Å². The molecule has 0 saturated carbocycles. The van der Waals surface area contributed by atoms with Crippen LogP contribution in [0.15, 0.2) is 36.7 Å². The molecule has 3 nitrogen and oxygen atoms in total. The van der Waals surface area contributed by atoms with Crippen LogP contribution >= 0.6 is 0 Å². The molecule has 2 rings (SSSR count). The van der Waals surface area contributed by atoms with Crippen molar-refractivity contribution in [2.75, 3.05) is 5.32 Å². The number of aromatic nitrogens is 2. The molecule has 2 aromatic heterocycles. The number of anilines is 2. The van der Waals surface area contributed by atoms with Crippen LogP contribution in [-0.2, 0) is 12.8 Å². The zero-order chi connectivity index (χ0) is 18.1. The summed E-state index contributed by atoms with van der Waals surface area (Å²) in [4.78, 5) is 9.02. The average Bonchev–Trinajstić information content (AvgIpc) is 2.57. The standard InChI is InChI=1S/C22H33N3/c1-17(2)7-5-9-19-11-13-21(23-15-19)25-22-14-12-20(16-24-22)10-6-8-18(3)4/h11-18H,5-10H2,1-4H3,(H,23,24,25). The molecule has 0 aliphatic rings. The topological polar surface area (TPSA) is 37.8 Å². The molecule has 136 valence electrons. The first-order valence-corrected chi connectivity index (χ1v) is 9.70. The summed E-state index contributed by atoms with van der Waals surface area (Å²) in [6.07, 6.45) is 11.2. The maximum Gasteiger partial charge on any atom is 0.131 e. The second-order valence-electron chi connectivity index (χ2n) is 7.80. The van der Waals surface area contributed by atoms with E-state index in [-0.39, 0.29) is 0 Å². The van der Waals surface area contributed by atoms with E-state index in [1.807, 2.05) is 24.5 Å². The van der Waals surface area contributed by atoms with Crippen LogP contribution in [0.1, 0.15) is 64.5 Å². The van der Waals surface area contributed by atoms with Crippen LogP contribution in [0.25, 0.3) is 0 Å². The molecular weight excluding hydrogens is 306 g/mol. The number of nitrogens with one attached hydrogen (secondary N) is 1. The highest BCUT2D eigenvalue weighted by atomic mass is 15.0. The van der Waals surface area contributed by atoms with E-state index in [4.69, 9.17) is 0 Å². The second kappa shape index (κ2) is 10.2. The van der Waals surface area contributed by atoms with Crippen molar-refractivity contribution in [2.45, 2.75) is 66.2 Å². The van der Waals surface area contributed by atoms with Crippen molar-refractivity contribution in [3.8, 4) is 0 Å². The quantitative estimate of drug-likeness (QED) is 0.562. The van der Waals surface area contributed by atoms with E-state index in [2.05, 4.69) is 55.1 Å². The molecule has 0 bridgehead atoms. The van der Waals surface area contributed by atoms with Crippen molar-refractivity contribution in [2.24, 2.45) is 11.8 Å². The minimum atomic E-state index is 0.772. The SMILES string of the molecule is CC(C)CCCc1ccc(Nc2ccc(CCCC(C)C)cn2)nc1. The summed E-state index contributed by atoms with van der Waals surface area (Å²) in [7, 11) is 0. The molecule has 3 heteroatoms. The summed E-state index contributed by atoms with van der Waals surface area (Å²) in [6.45, 7) is 9.09. The van der Waals surface area contributed by atoms with Crippen LogP contribution in [0, 0.1) is 11.8 Å². The molecule has 0 aromatic carbocycles. The monoisotopic (exact) mass is 339 g/mol. The van der Waals surface area contributed by atoms with Gasteiger partial charge in [-0.05, 0) is 60.8 Å². The number of hydrogen-bond acceptors (Lipinski definition) is 3. The lowest BCUT2D eigenvalue weighted by molar-refractivity contribution is 0.555. The van der Waals surface area contributed by atoms with Crippen LogP contribution in [0.3, 0.4) is 0 Å². The Kier molecular flexibility index (Phi) is 7.90. The molecule has 0 spiro atoms. The van der Waals surface area contributed by atoms with E-state index in [9.17, 15) is 0 Å². The number of hydrogen-bond donors (Lipinski definition) is 1. The molecule has 0 aliphatic heterocycles. The first-order valence-electron chi connectivity index (χ1n) is 9.70. The highest BCUT2D eigenvalue weighted by Crippen LogP contribution is 2.16. The number of aryl methyl sites for hydroxylation is 2. The fourth-order valence-electron chi connectivity index (χ4n) is 2.85. The van der Waals surface area contributed by atoms with Gasteiger partial charge in [-0.2, -0.15) is 0 Å². The first-order chi connectivity index (χ1) is 12.0. The van der Waals surface area contributed by atoms with Gasteiger partial charge >= 0.3 is 0 Å². The van der Waals surface area contributed by atoms with E-state index >= 15 is 0 Å². The van der Waals surface area contributed by atoms with E-state index in [0.717, 1.165) is 36.3 Å². The third kappa shape index (κ3) is 7.68. The Hall–Kier alpha value is -1.90. The Balaban J connectivity index is 1.81. The molecule has 0 radical (unpaired) electrons. The first kappa shape index (κ1) is 19.4. The molecule has 0 amide bonds. The smallest absolute Gasteiger partial charge is 0.131 e. The molecule has 0 aliphatic carbocycles. The zero-order valence-electron chi connectivity index (χ0n) is 16.3. The maximum absolute atomic E-state index is 4.51. The number of rotatable bonds is 10. The van der Waals surface area contributed by atoms with Crippen LogP contribution in [0.5, 0.6) is 0 Å². The molecule has 25 heavy (non-hydrogen) atoms. The second-order valence-corrected chi connectivity index (χ2v) is 7.80. The van der Waals surface area contributed by atoms with E-state index < -0.39 is 0 Å². The van der Waals surface area contributed by atoms with Crippen LogP contribution in [-0.4, -0.2) is 9.97 Å². The summed E-state index contributed by atoms with van der Waals surface area (Å²) in [5.41, 5.74) is 2.61. The van der Waals surface area contributed by atoms with Gasteiger partial charge in [0.25, 0.3) is 0 Å². The summed E-state index contributed by atoms with van der Waals surface area (Å²) >= 11 is 0. The number of nitrogens with zero attached hydrogens (tertiary/aromatic N) is 2. The van der Waals surface area contributed by atoms with Crippen LogP contribution < -0.4 is 5.32 Å². The highest BCUT2D eigenvalue weighted by Gasteiger charge is 2.01. The fraction of sp³-hybridized carbons (Fsp3) is 0.545. The van der Waals surface area contributed by atoms with Gasteiger partial charge in [0.05, 0.1) is 0 Å². The van der Waals surface area contributed by atoms with Gasteiger partial charge in [0, 0.05) is 12.4 Å². The minimum absolute atomic E-state index is 0.772. The van der Waals surface area contributed by atoms with Gasteiger partial charge in [-0.15, -0.1) is 0 Å². The maximum atomic E-state index is 4.51. The average molecular weight is 340 g/mol. The molecule has 0 unspecified atom stereocenters. The van der Waals surface area contributed by atoms with E-state index in [0.29, 0.717) is 0 Å². The normalized spacial score (nSPS) is 11.3. The van der Waals surface area contributed by atoms with E-state index in [1.165, 1.54) is 36.8 Å². The van der Waals surface area contributed by atoms with E-state index in [1.54, 1.807) is 0 Å². The summed E-state index contributed by atoms with van der Waals surface area (Å²) < 4.78 is 0. The largest absolute Gasteiger partial charge is 0.325 e. The molecule has 2 aromatic rings.